The first kappa shape index (κ1) is 12.7. The topological polar surface area (TPSA) is 104 Å². The van der Waals surface area contributed by atoms with Gasteiger partial charge in [0.2, 0.25) is 5.95 Å². The van der Waals surface area contributed by atoms with Crippen LogP contribution in [0.4, 0.5) is 11.6 Å². The van der Waals surface area contributed by atoms with E-state index in [0.717, 1.165) is 17.3 Å². The number of nitrogens with two attached hydrogens (primary N) is 1. The van der Waals surface area contributed by atoms with E-state index >= 15 is 0 Å². The third kappa shape index (κ3) is 2.76. The Morgan fingerprint density at radius 2 is 2.11 bits per heavy atom. The van der Waals surface area contributed by atoms with Crippen LogP contribution in [0.3, 0.4) is 0 Å². The average Bonchev–Trinajstić information content (AvgIpc) is 2.32. The number of aromatic nitrogens is 2. The van der Waals surface area contributed by atoms with Gasteiger partial charge in [0.15, 0.2) is 0 Å². The smallest absolute Gasteiger partial charge is 0.349 e. The van der Waals surface area contributed by atoms with Crippen molar-refractivity contribution in [2.24, 2.45) is 0 Å². The van der Waals surface area contributed by atoms with Gasteiger partial charge in [-0.05, 0) is 25.5 Å². The second-order valence-corrected chi connectivity index (χ2v) is 4.05. The molecule has 1 aromatic heterocycles. The van der Waals surface area contributed by atoms with Crippen molar-refractivity contribution < 1.29 is 9.66 Å². The monoisotopic (exact) mass is 260 g/mol. The van der Waals surface area contributed by atoms with Crippen molar-refractivity contribution in [3.63, 3.8) is 0 Å². The van der Waals surface area contributed by atoms with E-state index in [4.69, 9.17) is 10.5 Å². The first-order chi connectivity index (χ1) is 8.97. The second kappa shape index (κ2) is 4.89. The highest BCUT2D eigenvalue weighted by molar-refractivity contribution is 5.46. The van der Waals surface area contributed by atoms with E-state index in [0.29, 0.717) is 5.75 Å². The Kier molecular flexibility index (Phi) is 3.28. The van der Waals surface area contributed by atoms with Crippen LogP contribution in [0.15, 0.2) is 24.4 Å². The van der Waals surface area contributed by atoms with Crippen LogP contribution in [0.2, 0.25) is 0 Å². The molecule has 2 N–H and O–H groups in total. The summed E-state index contributed by atoms with van der Waals surface area (Å²) in [6, 6.07) is 5.48. The van der Waals surface area contributed by atoms with Gasteiger partial charge in [-0.2, -0.15) is 4.98 Å². The van der Waals surface area contributed by atoms with Gasteiger partial charge in [0.05, 0.1) is 4.92 Å². The molecule has 2 aromatic rings. The van der Waals surface area contributed by atoms with Gasteiger partial charge in [0.1, 0.15) is 11.9 Å². The molecule has 0 saturated carbocycles. The molecule has 98 valence electrons. The number of aryl methyl sites for hydroxylation is 2. The zero-order valence-electron chi connectivity index (χ0n) is 10.5. The predicted molar refractivity (Wildman–Crippen MR) is 69.1 cm³/mol. The Bertz CT molecular complexity index is 643. The normalized spacial score (nSPS) is 10.2. The fourth-order valence-corrected chi connectivity index (χ4v) is 1.59. The zero-order chi connectivity index (χ0) is 14.0. The Balaban J connectivity index is 2.42. The molecule has 7 nitrogen and oxygen atoms in total. The van der Waals surface area contributed by atoms with E-state index in [-0.39, 0.29) is 17.5 Å². The Morgan fingerprint density at radius 1 is 1.37 bits per heavy atom. The molecule has 7 heteroatoms. The summed E-state index contributed by atoms with van der Waals surface area (Å²) in [7, 11) is 0. The van der Waals surface area contributed by atoms with Gasteiger partial charge in [0.25, 0.3) is 0 Å². The summed E-state index contributed by atoms with van der Waals surface area (Å²) in [6.07, 6.45) is 1.03. The molecular formula is C12H12N4O3. The largest absolute Gasteiger partial charge is 0.433 e. The van der Waals surface area contributed by atoms with Gasteiger partial charge in [-0.25, -0.2) is 4.98 Å². The lowest BCUT2D eigenvalue weighted by Crippen LogP contribution is -2.02. The summed E-state index contributed by atoms with van der Waals surface area (Å²) in [5.74, 6) is 0.251. The maximum Gasteiger partial charge on any atom is 0.349 e. The van der Waals surface area contributed by atoms with E-state index in [9.17, 15) is 10.1 Å². The standard InChI is InChI=1S/C12H12N4O3/c1-7-3-4-10(8(2)5-7)19-11-9(16(17)18)6-14-12(13)15-11/h3-6H,1-2H3,(H2,13,14,15). The molecule has 0 atom stereocenters. The molecule has 0 spiro atoms. The second-order valence-electron chi connectivity index (χ2n) is 4.05. The lowest BCUT2D eigenvalue weighted by Gasteiger charge is -2.08. The van der Waals surface area contributed by atoms with Gasteiger partial charge in [-0.15, -0.1) is 0 Å². The van der Waals surface area contributed by atoms with Crippen LogP contribution < -0.4 is 10.5 Å². The quantitative estimate of drug-likeness (QED) is 0.671. The molecule has 19 heavy (non-hydrogen) atoms. The maximum atomic E-state index is 10.9. The maximum absolute atomic E-state index is 10.9. The number of nitro groups is 1. The van der Waals surface area contributed by atoms with Crippen LogP contribution in [0.5, 0.6) is 11.6 Å². The number of ether oxygens (including phenoxy) is 1. The number of anilines is 1. The first-order valence-electron chi connectivity index (χ1n) is 5.49. The summed E-state index contributed by atoms with van der Waals surface area (Å²) < 4.78 is 5.46. The van der Waals surface area contributed by atoms with Crippen LogP contribution in [-0.4, -0.2) is 14.9 Å². The van der Waals surface area contributed by atoms with Crippen molar-refractivity contribution in [3.05, 3.63) is 45.6 Å². The summed E-state index contributed by atoms with van der Waals surface area (Å²) in [5.41, 5.74) is 7.02. The summed E-state index contributed by atoms with van der Waals surface area (Å²) in [4.78, 5) is 17.6. The van der Waals surface area contributed by atoms with E-state index in [1.165, 1.54) is 0 Å². The molecule has 0 radical (unpaired) electrons. The van der Waals surface area contributed by atoms with Crippen molar-refractivity contribution in [2.75, 3.05) is 5.73 Å². The molecule has 1 aromatic carbocycles. The SMILES string of the molecule is Cc1ccc(Oc2nc(N)ncc2[N+](=O)[O-])c(C)c1. The highest BCUT2D eigenvalue weighted by atomic mass is 16.6. The summed E-state index contributed by atoms with van der Waals surface area (Å²) in [6.45, 7) is 3.79. The van der Waals surface area contributed by atoms with Crippen molar-refractivity contribution in [1.29, 1.82) is 0 Å². The molecule has 0 unspecified atom stereocenters. The number of hydrogen-bond donors (Lipinski definition) is 1. The lowest BCUT2D eigenvalue weighted by molar-refractivity contribution is -0.386. The number of nitrogen functional groups attached to an aromatic ring is 1. The Hall–Kier alpha value is -2.70. The molecular weight excluding hydrogens is 248 g/mol. The average molecular weight is 260 g/mol. The molecule has 1 heterocycles. The Labute approximate surface area is 109 Å². The van der Waals surface area contributed by atoms with Crippen molar-refractivity contribution >= 4 is 11.6 Å². The Morgan fingerprint density at radius 3 is 2.74 bits per heavy atom. The van der Waals surface area contributed by atoms with E-state index in [1.54, 1.807) is 6.07 Å². The van der Waals surface area contributed by atoms with E-state index in [2.05, 4.69) is 9.97 Å². The summed E-state index contributed by atoms with van der Waals surface area (Å²) >= 11 is 0. The first-order valence-corrected chi connectivity index (χ1v) is 5.49. The minimum atomic E-state index is -0.613. The third-order valence-electron chi connectivity index (χ3n) is 2.49. The molecule has 0 bridgehead atoms. The number of nitrogens with zero attached hydrogens (tertiary/aromatic N) is 3. The van der Waals surface area contributed by atoms with E-state index in [1.807, 2.05) is 26.0 Å². The van der Waals surface area contributed by atoms with Crippen LogP contribution in [0.1, 0.15) is 11.1 Å². The van der Waals surface area contributed by atoms with Gasteiger partial charge in [-0.3, -0.25) is 10.1 Å². The van der Waals surface area contributed by atoms with Crippen molar-refractivity contribution in [2.45, 2.75) is 13.8 Å². The molecule has 0 aliphatic heterocycles. The van der Waals surface area contributed by atoms with Crippen molar-refractivity contribution in [1.82, 2.24) is 9.97 Å². The van der Waals surface area contributed by atoms with Crippen LogP contribution in [0, 0.1) is 24.0 Å². The van der Waals surface area contributed by atoms with E-state index < -0.39 is 4.92 Å². The number of benzene rings is 1. The zero-order valence-corrected chi connectivity index (χ0v) is 10.5. The van der Waals surface area contributed by atoms with Gasteiger partial charge in [-0.1, -0.05) is 17.7 Å². The summed E-state index contributed by atoms with van der Waals surface area (Å²) in [5, 5.41) is 10.9. The molecule has 0 aliphatic rings. The number of hydrogen-bond acceptors (Lipinski definition) is 6. The third-order valence-corrected chi connectivity index (χ3v) is 2.49. The van der Waals surface area contributed by atoms with Gasteiger partial charge >= 0.3 is 11.6 Å². The highest BCUT2D eigenvalue weighted by Crippen LogP contribution is 2.30. The minimum Gasteiger partial charge on any atom is -0.433 e. The molecule has 0 aliphatic carbocycles. The predicted octanol–water partition coefficient (Wildman–Crippen LogP) is 2.38. The molecule has 0 amide bonds. The van der Waals surface area contributed by atoms with Crippen LogP contribution >= 0.6 is 0 Å². The molecule has 0 saturated heterocycles. The van der Waals surface area contributed by atoms with Gasteiger partial charge in [0, 0.05) is 0 Å². The molecule has 0 fully saturated rings. The minimum absolute atomic E-state index is 0.0784. The molecule has 2 rings (SSSR count). The lowest BCUT2D eigenvalue weighted by atomic mass is 10.1. The van der Waals surface area contributed by atoms with Gasteiger partial charge < -0.3 is 10.5 Å². The van der Waals surface area contributed by atoms with Crippen LogP contribution in [-0.2, 0) is 0 Å². The fraction of sp³-hybridized carbons (Fsp3) is 0.167. The fourth-order valence-electron chi connectivity index (χ4n) is 1.59. The van der Waals surface area contributed by atoms with Crippen molar-refractivity contribution in [3.8, 4) is 11.6 Å². The van der Waals surface area contributed by atoms with Crippen LogP contribution in [0.25, 0.3) is 0 Å². The highest BCUT2D eigenvalue weighted by Gasteiger charge is 2.19. The number of rotatable bonds is 3.